The molecule has 2 amide bonds. The first-order chi connectivity index (χ1) is 19.2. The van der Waals surface area contributed by atoms with Crippen LogP contribution in [0.4, 0.5) is 10.7 Å². The third-order valence-corrected chi connectivity index (χ3v) is 8.40. The molecule has 0 radical (unpaired) electrons. The number of methoxy groups -OCH3 is 1. The van der Waals surface area contributed by atoms with Gasteiger partial charge in [0.05, 0.1) is 17.9 Å². The van der Waals surface area contributed by atoms with E-state index in [4.69, 9.17) is 9.84 Å². The number of esters is 1. The summed E-state index contributed by atoms with van der Waals surface area (Å²) in [6, 6.07) is 17.1. The van der Waals surface area contributed by atoms with E-state index in [9.17, 15) is 19.2 Å². The number of nitrogens with zero attached hydrogens (tertiary/aromatic N) is 1. The van der Waals surface area contributed by atoms with Crippen molar-refractivity contribution in [3.05, 3.63) is 88.3 Å². The Bertz CT molecular complexity index is 1440. The zero-order chi connectivity index (χ0) is 28.6. The van der Waals surface area contributed by atoms with Crippen LogP contribution in [0.3, 0.4) is 0 Å². The lowest BCUT2D eigenvalue weighted by molar-refractivity contribution is -0.131. The fourth-order valence-electron chi connectivity index (χ4n) is 4.29. The first-order valence-electron chi connectivity index (χ1n) is 12.5. The number of aliphatic carboxylic acids is 1. The molecule has 1 aliphatic heterocycles. The highest BCUT2D eigenvalue weighted by Gasteiger charge is 2.30. The summed E-state index contributed by atoms with van der Waals surface area (Å²) >= 11 is 2.70. The zero-order valence-electron chi connectivity index (χ0n) is 22.0. The van der Waals surface area contributed by atoms with Crippen LogP contribution in [0.5, 0.6) is 0 Å². The number of carboxylic acid groups (broad SMARTS) is 1. The molecule has 1 aliphatic rings. The Balaban J connectivity index is 1.44. The zero-order valence-corrected chi connectivity index (χ0v) is 23.6. The minimum absolute atomic E-state index is 0.270. The van der Waals surface area contributed by atoms with Gasteiger partial charge in [0.2, 0.25) is 11.8 Å². The van der Waals surface area contributed by atoms with Crippen molar-refractivity contribution in [2.45, 2.75) is 36.6 Å². The molecular formula is C29H29N3O6S2. The van der Waals surface area contributed by atoms with Crippen molar-refractivity contribution in [3.63, 3.8) is 0 Å². The number of anilines is 2. The maximum absolute atomic E-state index is 13.2. The van der Waals surface area contributed by atoms with Crippen molar-refractivity contribution in [2.75, 3.05) is 24.3 Å². The van der Waals surface area contributed by atoms with E-state index in [-0.39, 0.29) is 5.91 Å². The lowest BCUT2D eigenvalue weighted by atomic mass is 10.0. The molecule has 1 atom stereocenters. The number of fused-ring (bicyclic) bond motifs is 1. The molecule has 11 heteroatoms. The van der Waals surface area contributed by atoms with Gasteiger partial charge in [-0.05, 0) is 42.7 Å². The van der Waals surface area contributed by atoms with Crippen molar-refractivity contribution in [1.82, 2.24) is 4.90 Å². The van der Waals surface area contributed by atoms with Crippen LogP contribution in [0, 0.1) is 0 Å². The second-order valence-electron chi connectivity index (χ2n) is 9.08. The summed E-state index contributed by atoms with van der Waals surface area (Å²) in [6.45, 7) is 4.03. The topological polar surface area (TPSA) is 125 Å². The monoisotopic (exact) mass is 579 g/mol. The van der Waals surface area contributed by atoms with E-state index in [1.807, 2.05) is 24.3 Å². The van der Waals surface area contributed by atoms with Crippen molar-refractivity contribution in [3.8, 4) is 0 Å². The van der Waals surface area contributed by atoms with E-state index in [1.54, 1.807) is 25.1 Å². The minimum atomic E-state index is -1.22. The SMILES string of the molecule is COC(=O)c1c(NC(=O)C(C)Sc2cccc(NC(=O)/C=C/C(=O)O)c2)sc2c1CCN(Cc1ccccc1)C2. The second-order valence-corrected chi connectivity index (χ2v) is 11.6. The molecule has 0 aliphatic carbocycles. The number of thiophene rings is 1. The molecule has 2 heterocycles. The Morgan fingerprint density at radius 2 is 1.88 bits per heavy atom. The molecule has 0 bridgehead atoms. The predicted octanol–water partition coefficient (Wildman–Crippen LogP) is 4.79. The van der Waals surface area contributed by atoms with Crippen LogP contribution >= 0.6 is 23.1 Å². The van der Waals surface area contributed by atoms with Gasteiger partial charge < -0.3 is 20.5 Å². The van der Waals surface area contributed by atoms with Crippen molar-refractivity contribution in [1.29, 1.82) is 0 Å². The maximum atomic E-state index is 13.2. The number of carbonyl (C=O) groups excluding carboxylic acids is 3. The Labute approximate surface area is 240 Å². The lowest BCUT2D eigenvalue weighted by Crippen LogP contribution is -2.29. The Morgan fingerprint density at radius 1 is 1.10 bits per heavy atom. The van der Waals surface area contributed by atoms with E-state index in [0.717, 1.165) is 40.6 Å². The van der Waals surface area contributed by atoms with Gasteiger partial charge in [0.15, 0.2) is 0 Å². The van der Waals surface area contributed by atoms with Crippen LogP contribution in [0.2, 0.25) is 0 Å². The van der Waals surface area contributed by atoms with Gasteiger partial charge in [-0.15, -0.1) is 23.1 Å². The number of amides is 2. The molecule has 0 spiro atoms. The number of hydrogen-bond donors (Lipinski definition) is 3. The van der Waals surface area contributed by atoms with E-state index < -0.39 is 23.1 Å². The molecule has 40 heavy (non-hydrogen) atoms. The summed E-state index contributed by atoms with van der Waals surface area (Å²) in [6.07, 6.45) is 2.37. The van der Waals surface area contributed by atoms with Gasteiger partial charge in [-0.3, -0.25) is 14.5 Å². The highest BCUT2D eigenvalue weighted by atomic mass is 32.2. The van der Waals surface area contributed by atoms with Crippen LogP contribution in [0.25, 0.3) is 0 Å². The number of carboxylic acids is 1. The molecule has 0 fully saturated rings. The Morgan fingerprint density at radius 3 is 2.60 bits per heavy atom. The maximum Gasteiger partial charge on any atom is 0.341 e. The Kier molecular flexibility index (Phi) is 9.75. The van der Waals surface area contributed by atoms with E-state index >= 15 is 0 Å². The van der Waals surface area contributed by atoms with Crippen molar-refractivity contribution in [2.24, 2.45) is 0 Å². The van der Waals surface area contributed by atoms with Crippen molar-refractivity contribution < 1.29 is 29.0 Å². The van der Waals surface area contributed by atoms with Crippen LogP contribution in [0.1, 0.15) is 33.3 Å². The molecule has 1 unspecified atom stereocenters. The molecule has 3 aromatic rings. The summed E-state index contributed by atoms with van der Waals surface area (Å²) in [4.78, 5) is 52.5. The van der Waals surface area contributed by atoms with Crippen LogP contribution in [0.15, 0.2) is 71.6 Å². The third-order valence-electron chi connectivity index (χ3n) is 6.17. The summed E-state index contributed by atoms with van der Waals surface area (Å²) in [5, 5.41) is 14.2. The smallest absolute Gasteiger partial charge is 0.341 e. The van der Waals surface area contributed by atoms with E-state index in [2.05, 4.69) is 27.7 Å². The normalized spacial score (nSPS) is 13.8. The number of thioether (sulfide) groups is 1. The molecule has 4 rings (SSSR count). The Hall–Kier alpha value is -3.93. The number of ether oxygens (including phenoxy) is 1. The summed E-state index contributed by atoms with van der Waals surface area (Å²) in [7, 11) is 1.34. The van der Waals surface area contributed by atoms with Gasteiger partial charge in [-0.1, -0.05) is 36.4 Å². The molecular weight excluding hydrogens is 550 g/mol. The van der Waals surface area contributed by atoms with Gasteiger partial charge >= 0.3 is 11.9 Å². The highest BCUT2D eigenvalue weighted by molar-refractivity contribution is 8.00. The summed E-state index contributed by atoms with van der Waals surface area (Å²) in [5.74, 6) is -2.53. The first-order valence-corrected chi connectivity index (χ1v) is 14.2. The van der Waals surface area contributed by atoms with Gasteiger partial charge in [-0.2, -0.15) is 0 Å². The van der Waals surface area contributed by atoms with Gasteiger partial charge in [-0.25, -0.2) is 9.59 Å². The predicted molar refractivity (Wildman–Crippen MR) is 156 cm³/mol. The molecule has 9 nitrogen and oxygen atoms in total. The first kappa shape index (κ1) is 29.1. The van der Waals surface area contributed by atoms with Crippen LogP contribution in [-0.2, 0) is 38.6 Å². The molecule has 0 saturated heterocycles. The average molecular weight is 580 g/mol. The summed E-state index contributed by atoms with van der Waals surface area (Å²) < 4.78 is 5.06. The fraction of sp³-hybridized carbons (Fsp3) is 0.241. The second kappa shape index (κ2) is 13.4. The van der Waals surface area contributed by atoms with Crippen LogP contribution < -0.4 is 10.6 Å². The quantitative estimate of drug-likeness (QED) is 0.178. The molecule has 208 valence electrons. The van der Waals surface area contributed by atoms with Crippen molar-refractivity contribution >= 4 is 57.5 Å². The minimum Gasteiger partial charge on any atom is -0.478 e. The van der Waals surface area contributed by atoms with Crippen LogP contribution in [-0.4, -0.2) is 52.7 Å². The van der Waals surface area contributed by atoms with E-state index in [0.29, 0.717) is 29.2 Å². The number of rotatable bonds is 10. The average Bonchev–Trinajstić information content (AvgIpc) is 3.29. The van der Waals surface area contributed by atoms with Gasteiger partial charge in [0.25, 0.3) is 0 Å². The number of carbonyl (C=O) groups is 4. The number of benzene rings is 2. The summed E-state index contributed by atoms with van der Waals surface area (Å²) in [5.41, 5.74) is 3.04. The number of nitrogens with one attached hydrogen (secondary N) is 2. The molecule has 3 N–H and O–H groups in total. The van der Waals surface area contributed by atoms with E-state index in [1.165, 1.54) is 35.8 Å². The highest BCUT2D eigenvalue weighted by Crippen LogP contribution is 2.38. The van der Waals surface area contributed by atoms with Gasteiger partial charge in [0, 0.05) is 47.2 Å². The molecule has 1 aromatic heterocycles. The fourth-order valence-corrected chi connectivity index (χ4v) is 6.50. The molecule has 2 aromatic carbocycles. The largest absolute Gasteiger partial charge is 0.478 e. The van der Waals surface area contributed by atoms with Gasteiger partial charge in [0.1, 0.15) is 5.00 Å². The molecule has 0 saturated carbocycles. The number of hydrogen-bond acceptors (Lipinski definition) is 8. The standard InChI is InChI=1S/C29H29N3O6S2/c1-18(39-21-10-6-9-20(15-21)30-24(33)11-12-25(34)35)27(36)31-28-26(29(37)38-2)22-13-14-32(17-23(22)40-28)16-19-7-4-3-5-8-19/h3-12,15,18H,13-14,16-17H2,1-2H3,(H,30,33)(H,31,36)(H,34,35)/b12-11+. The third kappa shape index (κ3) is 7.59. The lowest BCUT2D eigenvalue weighted by Gasteiger charge is -2.27.